The Morgan fingerprint density at radius 2 is 1.77 bits per heavy atom. The van der Waals surface area contributed by atoms with Gasteiger partial charge >= 0.3 is 5.63 Å². The topological polar surface area (TPSA) is 47.3 Å². The minimum Gasteiger partial charge on any atom is -0.422 e. The van der Waals surface area contributed by atoms with Gasteiger partial charge in [-0.25, -0.2) is 4.79 Å². The van der Waals surface area contributed by atoms with E-state index in [1.165, 1.54) is 6.08 Å². The molecular formula is C18H11ClO3. The van der Waals surface area contributed by atoms with Crippen molar-refractivity contribution >= 4 is 34.4 Å². The molecule has 22 heavy (non-hydrogen) atoms. The van der Waals surface area contributed by atoms with E-state index in [-0.39, 0.29) is 5.56 Å². The van der Waals surface area contributed by atoms with Gasteiger partial charge in [0, 0.05) is 10.4 Å². The number of rotatable bonds is 3. The highest BCUT2D eigenvalue weighted by Crippen LogP contribution is 2.14. The van der Waals surface area contributed by atoms with Crippen LogP contribution >= 0.6 is 11.6 Å². The minimum atomic E-state index is -0.635. The molecule has 1 heterocycles. The van der Waals surface area contributed by atoms with Gasteiger partial charge in [0.25, 0.3) is 0 Å². The number of ketones is 1. The Morgan fingerprint density at radius 3 is 2.55 bits per heavy atom. The van der Waals surface area contributed by atoms with Crippen molar-refractivity contribution in [2.24, 2.45) is 0 Å². The van der Waals surface area contributed by atoms with Gasteiger partial charge in [0.2, 0.25) is 0 Å². The van der Waals surface area contributed by atoms with Gasteiger partial charge in [0.1, 0.15) is 11.1 Å². The van der Waals surface area contributed by atoms with Crippen LogP contribution in [0.1, 0.15) is 15.9 Å². The lowest BCUT2D eigenvalue weighted by molar-refractivity contribution is 0.104. The van der Waals surface area contributed by atoms with E-state index >= 15 is 0 Å². The first-order valence-electron chi connectivity index (χ1n) is 6.64. The Morgan fingerprint density at radius 1 is 1.05 bits per heavy atom. The summed E-state index contributed by atoms with van der Waals surface area (Å²) >= 11 is 5.80. The van der Waals surface area contributed by atoms with Gasteiger partial charge in [-0.3, -0.25) is 4.79 Å². The van der Waals surface area contributed by atoms with Crippen LogP contribution in [0.5, 0.6) is 0 Å². The maximum Gasteiger partial charge on any atom is 0.347 e. The molecule has 0 N–H and O–H groups in total. The number of carbonyl (C=O) groups is 1. The Labute approximate surface area is 131 Å². The molecule has 0 atom stereocenters. The number of allylic oxidation sites excluding steroid dienone is 1. The fraction of sp³-hybridized carbons (Fsp3) is 0. The fourth-order valence-electron chi connectivity index (χ4n) is 2.07. The van der Waals surface area contributed by atoms with Crippen molar-refractivity contribution < 1.29 is 9.21 Å². The molecule has 1 aromatic heterocycles. The van der Waals surface area contributed by atoms with Crippen molar-refractivity contribution in [3.63, 3.8) is 0 Å². The predicted molar refractivity (Wildman–Crippen MR) is 87.3 cm³/mol. The van der Waals surface area contributed by atoms with E-state index in [0.29, 0.717) is 16.0 Å². The van der Waals surface area contributed by atoms with Crippen LogP contribution < -0.4 is 5.63 Å². The molecular weight excluding hydrogens is 300 g/mol. The molecule has 3 nitrogen and oxygen atoms in total. The molecule has 2 aromatic carbocycles. The minimum absolute atomic E-state index is 0.0175. The predicted octanol–water partition coefficient (Wildman–Crippen LogP) is 4.34. The fourth-order valence-corrected chi connectivity index (χ4v) is 2.20. The van der Waals surface area contributed by atoms with Gasteiger partial charge in [0.15, 0.2) is 5.78 Å². The first-order valence-corrected chi connectivity index (χ1v) is 7.02. The molecule has 0 amide bonds. The van der Waals surface area contributed by atoms with Gasteiger partial charge in [-0.15, -0.1) is 0 Å². The van der Waals surface area contributed by atoms with Crippen molar-refractivity contribution in [2.75, 3.05) is 0 Å². The summed E-state index contributed by atoms with van der Waals surface area (Å²) in [7, 11) is 0. The largest absolute Gasteiger partial charge is 0.422 e. The van der Waals surface area contributed by atoms with Crippen molar-refractivity contribution in [2.45, 2.75) is 0 Å². The summed E-state index contributed by atoms with van der Waals surface area (Å²) in [5.74, 6) is -0.394. The number of benzene rings is 2. The second-order valence-electron chi connectivity index (χ2n) is 4.73. The van der Waals surface area contributed by atoms with E-state index in [1.807, 2.05) is 6.07 Å². The Bertz CT molecular complexity index is 921. The van der Waals surface area contributed by atoms with Crippen LogP contribution in [0.15, 0.2) is 69.9 Å². The van der Waals surface area contributed by atoms with Crippen LogP contribution in [-0.2, 0) is 0 Å². The summed E-state index contributed by atoms with van der Waals surface area (Å²) < 4.78 is 5.15. The Balaban J connectivity index is 1.93. The third kappa shape index (κ3) is 3.00. The van der Waals surface area contributed by atoms with Crippen molar-refractivity contribution in [3.8, 4) is 0 Å². The third-order valence-corrected chi connectivity index (χ3v) is 3.46. The molecule has 0 saturated heterocycles. The molecule has 0 bridgehead atoms. The number of carbonyl (C=O) groups excluding carboxylic acids is 1. The maximum absolute atomic E-state index is 12.2. The quantitative estimate of drug-likeness (QED) is 0.410. The van der Waals surface area contributed by atoms with E-state index in [9.17, 15) is 9.59 Å². The van der Waals surface area contributed by atoms with Gasteiger partial charge < -0.3 is 4.42 Å². The number of para-hydroxylation sites is 1. The molecule has 3 aromatic rings. The van der Waals surface area contributed by atoms with Crippen molar-refractivity contribution in [3.05, 3.63) is 87.2 Å². The number of halogens is 1. The molecule has 0 fully saturated rings. The van der Waals surface area contributed by atoms with E-state index < -0.39 is 11.4 Å². The first-order chi connectivity index (χ1) is 10.6. The molecule has 3 rings (SSSR count). The lowest BCUT2D eigenvalue weighted by Gasteiger charge is -1.99. The number of hydrogen-bond acceptors (Lipinski definition) is 3. The van der Waals surface area contributed by atoms with E-state index in [1.54, 1.807) is 54.6 Å². The average molecular weight is 311 g/mol. The SMILES string of the molecule is O=C(C=Cc1ccc(Cl)cc1)c1cc2ccccc2oc1=O. The van der Waals surface area contributed by atoms with Crippen LogP contribution in [-0.4, -0.2) is 5.78 Å². The summed E-state index contributed by atoms with van der Waals surface area (Å²) in [6.45, 7) is 0. The van der Waals surface area contributed by atoms with Crippen LogP contribution in [0, 0.1) is 0 Å². The molecule has 0 saturated carbocycles. The zero-order chi connectivity index (χ0) is 15.5. The zero-order valence-corrected chi connectivity index (χ0v) is 12.2. The van der Waals surface area contributed by atoms with Gasteiger partial charge in [0.05, 0.1) is 0 Å². The summed E-state index contributed by atoms with van der Waals surface area (Å²) in [5, 5.41) is 1.34. The van der Waals surface area contributed by atoms with Crippen LogP contribution in [0.4, 0.5) is 0 Å². The molecule has 108 valence electrons. The normalized spacial score (nSPS) is 11.1. The van der Waals surface area contributed by atoms with Crippen molar-refractivity contribution in [1.29, 1.82) is 0 Å². The second-order valence-corrected chi connectivity index (χ2v) is 5.17. The smallest absolute Gasteiger partial charge is 0.347 e. The Hall–Kier alpha value is -2.65. The molecule has 0 radical (unpaired) electrons. The number of hydrogen-bond donors (Lipinski definition) is 0. The average Bonchev–Trinajstić information content (AvgIpc) is 2.53. The lowest BCUT2D eigenvalue weighted by Crippen LogP contribution is -2.11. The molecule has 0 aliphatic carbocycles. The molecule has 4 heteroatoms. The monoisotopic (exact) mass is 310 g/mol. The second kappa shape index (κ2) is 6.00. The lowest BCUT2D eigenvalue weighted by atomic mass is 10.1. The van der Waals surface area contributed by atoms with Gasteiger partial charge in [-0.1, -0.05) is 48.0 Å². The highest BCUT2D eigenvalue weighted by molar-refractivity contribution is 6.30. The summed E-state index contributed by atoms with van der Waals surface area (Å²) in [5.41, 5.74) is 0.669. The zero-order valence-electron chi connectivity index (χ0n) is 11.5. The van der Waals surface area contributed by atoms with E-state index in [0.717, 1.165) is 5.56 Å². The molecule has 0 unspecified atom stereocenters. The molecule has 0 aliphatic rings. The third-order valence-electron chi connectivity index (χ3n) is 3.20. The van der Waals surface area contributed by atoms with Crippen LogP contribution in [0.2, 0.25) is 5.02 Å². The summed E-state index contributed by atoms with van der Waals surface area (Å²) in [6.07, 6.45) is 2.98. The van der Waals surface area contributed by atoms with E-state index in [4.69, 9.17) is 16.0 Å². The number of fused-ring (bicyclic) bond motifs is 1. The van der Waals surface area contributed by atoms with E-state index in [2.05, 4.69) is 0 Å². The summed E-state index contributed by atoms with van der Waals surface area (Å²) in [4.78, 5) is 24.1. The highest BCUT2D eigenvalue weighted by Gasteiger charge is 2.10. The van der Waals surface area contributed by atoms with Crippen molar-refractivity contribution in [1.82, 2.24) is 0 Å². The van der Waals surface area contributed by atoms with Crippen LogP contribution in [0.25, 0.3) is 17.0 Å². The first kappa shape index (κ1) is 14.3. The highest BCUT2D eigenvalue weighted by atomic mass is 35.5. The Kier molecular flexibility index (Phi) is 3.90. The van der Waals surface area contributed by atoms with Gasteiger partial charge in [-0.05, 0) is 35.9 Å². The molecule has 0 spiro atoms. The molecule has 0 aliphatic heterocycles. The standard InChI is InChI=1S/C18H11ClO3/c19-14-8-5-12(6-9-14)7-10-16(20)15-11-13-3-1-2-4-17(13)22-18(15)21/h1-11H. The van der Waals surface area contributed by atoms with Gasteiger partial charge in [-0.2, -0.15) is 0 Å². The van der Waals surface area contributed by atoms with Crippen LogP contribution in [0.3, 0.4) is 0 Å². The maximum atomic E-state index is 12.2. The summed E-state index contributed by atoms with van der Waals surface area (Å²) in [6, 6.07) is 15.7.